The highest BCUT2D eigenvalue weighted by Gasteiger charge is 2.09. The lowest BCUT2D eigenvalue weighted by Gasteiger charge is -2.08. The zero-order valence-corrected chi connectivity index (χ0v) is 11.9. The van der Waals surface area contributed by atoms with E-state index in [0.717, 1.165) is 17.5 Å². The number of Topliss-reactive ketones (excluding diaryl/α,β-unsaturated/α-hetero) is 1. The number of rotatable bonds is 4. The predicted octanol–water partition coefficient (Wildman–Crippen LogP) is 4.43. The zero-order chi connectivity index (χ0) is 13.8. The number of aryl methyl sites for hydroxylation is 4. The first-order valence-electron chi connectivity index (χ1n) is 6.73. The van der Waals surface area contributed by atoms with Crippen LogP contribution in [-0.2, 0) is 6.42 Å². The van der Waals surface area contributed by atoms with Gasteiger partial charge in [0, 0.05) is 12.0 Å². The number of benzene rings is 2. The monoisotopic (exact) mass is 252 g/mol. The Morgan fingerprint density at radius 3 is 2.42 bits per heavy atom. The summed E-state index contributed by atoms with van der Waals surface area (Å²) in [6, 6.07) is 14.2. The van der Waals surface area contributed by atoms with Crippen molar-refractivity contribution in [3.05, 3.63) is 70.3 Å². The first-order valence-corrected chi connectivity index (χ1v) is 6.73. The lowest BCUT2D eigenvalue weighted by atomic mass is 9.96. The molecule has 0 aliphatic heterocycles. The Labute approximate surface area is 115 Å². The van der Waals surface area contributed by atoms with Crippen molar-refractivity contribution in [2.75, 3.05) is 0 Å². The second-order valence-corrected chi connectivity index (χ2v) is 5.17. The highest BCUT2D eigenvalue weighted by atomic mass is 16.1. The molecule has 0 unspecified atom stereocenters. The summed E-state index contributed by atoms with van der Waals surface area (Å²) in [5, 5.41) is 0. The molecular formula is C18H20O. The molecule has 0 spiro atoms. The summed E-state index contributed by atoms with van der Waals surface area (Å²) in [6.07, 6.45) is 1.40. The number of ketones is 1. The van der Waals surface area contributed by atoms with E-state index in [2.05, 4.69) is 32.0 Å². The first-order chi connectivity index (χ1) is 9.08. The van der Waals surface area contributed by atoms with Crippen molar-refractivity contribution in [1.29, 1.82) is 0 Å². The van der Waals surface area contributed by atoms with Gasteiger partial charge in [0.25, 0.3) is 0 Å². The molecule has 0 aromatic heterocycles. The number of carbonyl (C=O) groups excluding carboxylic acids is 1. The van der Waals surface area contributed by atoms with Crippen molar-refractivity contribution < 1.29 is 4.79 Å². The average molecular weight is 252 g/mol. The molecule has 0 amide bonds. The summed E-state index contributed by atoms with van der Waals surface area (Å²) in [4.78, 5) is 12.2. The van der Waals surface area contributed by atoms with E-state index >= 15 is 0 Å². The molecule has 0 radical (unpaired) electrons. The highest BCUT2D eigenvalue weighted by Crippen LogP contribution is 2.16. The Kier molecular flexibility index (Phi) is 4.16. The van der Waals surface area contributed by atoms with Gasteiger partial charge in [-0.15, -0.1) is 0 Å². The number of hydrogen-bond acceptors (Lipinski definition) is 1. The predicted molar refractivity (Wildman–Crippen MR) is 79.7 cm³/mol. The van der Waals surface area contributed by atoms with Crippen LogP contribution in [-0.4, -0.2) is 5.78 Å². The van der Waals surface area contributed by atoms with Gasteiger partial charge in [-0.25, -0.2) is 0 Å². The minimum absolute atomic E-state index is 0.235. The van der Waals surface area contributed by atoms with Crippen LogP contribution in [0.15, 0.2) is 42.5 Å². The van der Waals surface area contributed by atoms with Gasteiger partial charge in [-0.3, -0.25) is 4.79 Å². The van der Waals surface area contributed by atoms with Crippen molar-refractivity contribution >= 4 is 5.78 Å². The summed E-state index contributed by atoms with van der Waals surface area (Å²) in [5.41, 5.74) is 5.72. The molecular weight excluding hydrogens is 232 g/mol. The molecule has 0 atom stereocenters. The van der Waals surface area contributed by atoms with Crippen LogP contribution in [0.1, 0.15) is 39.0 Å². The maximum absolute atomic E-state index is 12.2. The molecule has 0 heterocycles. The molecule has 0 fully saturated rings. The lowest BCUT2D eigenvalue weighted by Crippen LogP contribution is -2.04. The zero-order valence-electron chi connectivity index (χ0n) is 11.9. The largest absolute Gasteiger partial charge is 0.294 e. The van der Waals surface area contributed by atoms with Gasteiger partial charge in [-0.05, 0) is 43.9 Å². The van der Waals surface area contributed by atoms with Crippen LogP contribution in [0.5, 0.6) is 0 Å². The van der Waals surface area contributed by atoms with Gasteiger partial charge in [-0.2, -0.15) is 0 Å². The van der Waals surface area contributed by atoms with E-state index in [1.54, 1.807) is 0 Å². The van der Waals surface area contributed by atoms with Crippen LogP contribution in [0.3, 0.4) is 0 Å². The fourth-order valence-electron chi connectivity index (χ4n) is 2.34. The third-order valence-electron chi connectivity index (χ3n) is 3.57. The third kappa shape index (κ3) is 3.31. The highest BCUT2D eigenvalue weighted by molar-refractivity contribution is 5.97. The van der Waals surface area contributed by atoms with Gasteiger partial charge >= 0.3 is 0 Å². The first kappa shape index (κ1) is 13.5. The molecule has 2 aromatic rings. The van der Waals surface area contributed by atoms with E-state index in [-0.39, 0.29) is 5.78 Å². The molecule has 0 saturated heterocycles. The molecule has 2 rings (SSSR count). The van der Waals surface area contributed by atoms with Gasteiger partial charge < -0.3 is 0 Å². The molecule has 98 valence electrons. The Bertz CT molecular complexity index is 596. The Balaban J connectivity index is 2.09. The summed E-state index contributed by atoms with van der Waals surface area (Å²) in [7, 11) is 0. The van der Waals surface area contributed by atoms with E-state index in [1.165, 1.54) is 16.7 Å². The lowest BCUT2D eigenvalue weighted by molar-refractivity contribution is 0.0982. The molecule has 19 heavy (non-hydrogen) atoms. The quantitative estimate of drug-likeness (QED) is 0.736. The Hall–Kier alpha value is -1.89. The average Bonchev–Trinajstić information content (AvgIpc) is 2.40. The molecule has 0 aliphatic rings. The second-order valence-electron chi connectivity index (χ2n) is 5.17. The van der Waals surface area contributed by atoms with E-state index < -0.39 is 0 Å². The molecule has 0 aliphatic carbocycles. The third-order valence-corrected chi connectivity index (χ3v) is 3.57. The van der Waals surface area contributed by atoms with Gasteiger partial charge in [0.1, 0.15) is 0 Å². The minimum atomic E-state index is 0.235. The van der Waals surface area contributed by atoms with E-state index in [4.69, 9.17) is 0 Å². The van der Waals surface area contributed by atoms with Crippen LogP contribution < -0.4 is 0 Å². The fourth-order valence-corrected chi connectivity index (χ4v) is 2.34. The minimum Gasteiger partial charge on any atom is -0.294 e. The summed E-state index contributed by atoms with van der Waals surface area (Å²) >= 11 is 0. The summed E-state index contributed by atoms with van der Waals surface area (Å²) in [6.45, 7) is 6.18. The maximum Gasteiger partial charge on any atom is 0.163 e. The molecule has 0 bridgehead atoms. The standard InChI is InChI=1S/C18H20O/c1-13-8-9-14(2)16(12-13)10-11-18(19)17-7-5-4-6-15(17)3/h4-9,12H,10-11H2,1-3H3. The summed E-state index contributed by atoms with van der Waals surface area (Å²) in [5.74, 6) is 0.235. The van der Waals surface area contributed by atoms with Crippen LogP contribution in [0.4, 0.5) is 0 Å². The van der Waals surface area contributed by atoms with Gasteiger partial charge in [0.2, 0.25) is 0 Å². The van der Waals surface area contributed by atoms with Crippen molar-refractivity contribution in [3.63, 3.8) is 0 Å². The van der Waals surface area contributed by atoms with Crippen LogP contribution in [0, 0.1) is 20.8 Å². The molecule has 1 heteroatoms. The van der Waals surface area contributed by atoms with Crippen molar-refractivity contribution in [2.24, 2.45) is 0 Å². The van der Waals surface area contributed by atoms with Crippen LogP contribution >= 0.6 is 0 Å². The number of hydrogen-bond donors (Lipinski definition) is 0. The van der Waals surface area contributed by atoms with Gasteiger partial charge in [0.15, 0.2) is 5.78 Å². The van der Waals surface area contributed by atoms with E-state index in [1.807, 2.05) is 31.2 Å². The Morgan fingerprint density at radius 2 is 1.68 bits per heavy atom. The molecule has 0 saturated carbocycles. The normalized spacial score (nSPS) is 10.5. The van der Waals surface area contributed by atoms with E-state index in [0.29, 0.717) is 6.42 Å². The molecule has 2 aromatic carbocycles. The molecule has 1 nitrogen and oxygen atoms in total. The van der Waals surface area contributed by atoms with Gasteiger partial charge in [0.05, 0.1) is 0 Å². The second kappa shape index (κ2) is 5.83. The molecule has 0 N–H and O–H groups in total. The Morgan fingerprint density at radius 1 is 0.947 bits per heavy atom. The van der Waals surface area contributed by atoms with Crippen LogP contribution in [0.2, 0.25) is 0 Å². The maximum atomic E-state index is 12.2. The topological polar surface area (TPSA) is 17.1 Å². The van der Waals surface area contributed by atoms with E-state index in [9.17, 15) is 4.79 Å². The van der Waals surface area contributed by atoms with Crippen molar-refractivity contribution in [3.8, 4) is 0 Å². The van der Waals surface area contributed by atoms with Crippen LogP contribution in [0.25, 0.3) is 0 Å². The summed E-state index contributed by atoms with van der Waals surface area (Å²) < 4.78 is 0. The van der Waals surface area contributed by atoms with Crippen molar-refractivity contribution in [1.82, 2.24) is 0 Å². The number of carbonyl (C=O) groups is 1. The van der Waals surface area contributed by atoms with Crippen molar-refractivity contribution in [2.45, 2.75) is 33.6 Å². The fraction of sp³-hybridized carbons (Fsp3) is 0.278. The van der Waals surface area contributed by atoms with Gasteiger partial charge in [-0.1, -0.05) is 48.0 Å². The smallest absolute Gasteiger partial charge is 0.163 e. The SMILES string of the molecule is Cc1ccc(C)c(CCC(=O)c2ccccc2C)c1.